The monoisotopic (exact) mass is 469 g/mol. The van der Waals surface area contributed by atoms with Crippen molar-refractivity contribution in [3.8, 4) is 17.2 Å². The largest absolute Gasteiger partial charge is 0.493 e. The van der Waals surface area contributed by atoms with Crippen LogP contribution >= 0.6 is 0 Å². The van der Waals surface area contributed by atoms with Gasteiger partial charge < -0.3 is 14.2 Å². The second-order valence-corrected chi connectivity index (χ2v) is 8.85. The predicted octanol–water partition coefficient (Wildman–Crippen LogP) is 4.27. The lowest BCUT2D eigenvalue weighted by molar-refractivity contribution is 0.103. The Labute approximate surface area is 190 Å². The SMILES string of the molecule is COc1cc(C(=O)c2cc3ccc(F)cc3n2S(=O)(=O)c2ccccc2)cc(OC)c1OC. The van der Waals surface area contributed by atoms with Gasteiger partial charge in [0.05, 0.1) is 31.7 Å². The first-order valence-corrected chi connectivity index (χ1v) is 11.2. The average molecular weight is 469 g/mol. The van der Waals surface area contributed by atoms with E-state index in [0.717, 1.165) is 10.0 Å². The van der Waals surface area contributed by atoms with Crippen molar-refractivity contribution in [2.75, 3.05) is 21.3 Å². The molecule has 3 aromatic carbocycles. The predicted molar refractivity (Wildman–Crippen MR) is 120 cm³/mol. The highest BCUT2D eigenvalue weighted by molar-refractivity contribution is 7.90. The van der Waals surface area contributed by atoms with Crippen molar-refractivity contribution in [2.24, 2.45) is 0 Å². The topological polar surface area (TPSA) is 83.8 Å². The number of hydrogen-bond donors (Lipinski definition) is 0. The molecule has 0 fully saturated rings. The Morgan fingerprint density at radius 3 is 2.06 bits per heavy atom. The van der Waals surface area contributed by atoms with Crippen molar-refractivity contribution in [3.63, 3.8) is 0 Å². The number of fused-ring (bicyclic) bond motifs is 1. The maximum atomic E-state index is 14.1. The number of hydrogen-bond acceptors (Lipinski definition) is 6. The van der Waals surface area contributed by atoms with E-state index in [-0.39, 0.29) is 38.9 Å². The highest BCUT2D eigenvalue weighted by Gasteiger charge is 2.28. The Bertz CT molecular complexity index is 1440. The molecule has 33 heavy (non-hydrogen) atoms. The van der Waals surface area contributed by atoms with E-state index in [1.165, 1.54) is 63.8 Å². The van der Waals surface area contributed by atoms with Gasteiger partial charge in [-0.25, -0.2) is 16.8 Å². The van der Waals surface area contributed by atoms with Gasteiger partial charge in [0.1, 0.15) is 11.5 Å². The second-order valence-electron chi connectivity index (χ2n) is 7.06. The summed E-state index contributed by atoms with van der Waals surface area (Å²) < 4.78 is 58.0. The first-order chi connectivity index (χ1) is 15.8. The van der Waals surface area contributed by atoms with Gasteiger partial charge in [-0.2, -0.15) is 0 Å². The smallest absolute Gasteiger partial charge is 0.268 e. The second kappa shape index (κ2) is 8.59. The van der Waals surface area contributed by atoms with Crippen LogP contribution in [0, 0.1) is 5.82 Å². The van der Waals surface area contributed by atoms with Crippen LogP contribution < -0.4 is 14.2 Å². The van der Waals surface area contributed by atoms with Crippen LogP contribution in [0.4, 0.5) is 4.39 Å². The van der Waals surface area contributed by atoms with Gasteiger partial charge in [-0.1, -0.05) is 18.2 Å². The summed E-state index contributed by atoms with van der Waals surface area (Å²) in [5.74, 6) is -0.488. The minimum absolute atomic E-state index is 0.0364. The van der Waals surface area contributed by atoms with Crippen LogP contribution in [0.15, 0.2) is 71.6 Å². The van der Waals surface area contributed by atoms with Crippen LogP contribution in [-0.2, 0) is 10.0 Å². The fraction of sp³-hybridized carbons (Fsp3) is 0.125. The molecular formula is C24H20FNO6S. The van der Waals surface area contributed by atoms with E-state index in [2.05, 4.69) is 0 Å². The molecule has 0 saturated carbocycles. The Kier molecular flexibility index (Phi) is 5.82. The number of halogens is 1. The third-order valence-electron chi connectivity index (χ3n) is 5.16. The van der Waals surface area contributed by atoms with Crippen molar-refractivity contribution in [1.82, 2.24) is 3.97 Å². The molecular weight excluding hydrogens is 449 g/mol. The highest BCUT2D eigenvalue weighted by Crippen LogP contribution is 2.39. The van der Waals surface area contributed by atoms with Gasteiger partial charge in [-0.05, 0) is 48.5 Å². The van der Waals surface area contributed by atoms with E-state index < -0.39 is 21.6 Å². The molecule has 1 heterocycles. The summed E-state index contributed by atoms with van der Waals surface area (Å²) in [7, 11) is 0.0222. The van der Waals surface area contributed by atoms with E-state index in [1.807, 2.05) is 0 Å². The van der Waals surface area contributed by atoms with Crippen LogP contribution in [0.3, 0.4) is 0 Å². The minimum atomic E-state index is -4.22. The molecule has 0 amide bonds. The molecule has 0 spiro atoms. The maximum absolute atomic E-state index is 14.1. The summed E-state index contributed by atoms with van der Waals surface area (Å²) in [4.78, 5) is 13.6. The third kappa shape index (κ3) is 3.80. The Balaban J connectivity index is 2.00. The zero-order valence-electron chi connectivity index (χ0n) is 18.0. The summed E-state index contributed by atoms with van der Waals surface area (Å²) in [6.45, 7) is 0. The molecule has 4 rings (SSSR count). The molecule has 0 bridgehead atoms. The average Bonchev–Trinajstić information content (AvgIpc) is 3.22. The fourth-order valence-electron chi connectivity index (χ4n) is 3.63. The first kappa shape index (κ1) is 22.3. The Hall–Kier alpha value is -3.85. The van der Waals surface area contributed by atoms with E-state index in [0.29, 0.717) is 5.39 Å². The van der Waals surface area contributed by atoms with Crippen molar-refractivity contribution >= 4 is 26.7 Å². The van der Waals surface area contributed by atoms with Crippen molar-refractivity contribution in [3.05, 3.63) is 83.8 Å². The number of rotatable bonds is 7. The molecule has 4 aromatic rings. The van der Waals surface area contributed by atoms with Crippen LogP contribution in [0.5, 0.6) is 17.2 Å². The number of benzene rings is 3. The van der Waals surface area contributed by atoms with Gasteiger partial charge in [0.15, 0.2) is 11.5 Å². The molecule has 0 radical (unpaired) electrons. The lowest BCUT2D eigenvalue weighted by Crippen LogP contribution is -2.19. The number of ether oxygens (including phenoxy) is 3. The number of aromatic nitrogens is 1. The number of ketones is 1. The number of carbonyl (C=O) groups excluding carboxylic acids is 1. The van der Waals surface area contributed by atoms with Gasteiger partial charge in [0.2, 0.25) is 11.5 Å². The third-order valence-corrected chi connectivity index (χ3v) is 6.91. The normalized spacial score (nSPS) is 11.4. The van der Waals surface area contributed by atoms with E-state index in [4.69, 9.17) is 14.2 Å². The molecule has 170 valence electrons. The van der Waals surface area contributed by atoms with Gasteiger partial charge in [0.25, 0.3) is 10.0 Å². The fourth-order valence-corrected chi connectivity index (χ4v) is 5.15. The molecule has 0 saturated heterocycles. The lowest BCUT2D eigenvalue weighted by atomic mass is 10.1. The Morgan fingerprint density at radius 2 is 1.48 bits per heavy atom. The van der Waals surface area contributed by atoms with Crippen LogP contribution in [-0.4, -0.2) is 39.5 Å². The summed E-state index contributed by atoms with van der Waals surface area (Å²) in [6, 6.07) is 15.6. The van der Waals surface area contributed by atoms with Gasteiger partial charge in [-0.3, -0.25) is 4.79 Å². The van der Waals surface area contributed by atoms with E-state index in [9.17, 15) is 17.6 Å². The Morgan fingerprint density at radius 1 is 0.848 bits per heavy atom. The number of nitrogens with zero attached hydrogens (tertiary/aromatic N) is 1. The van der Waals surface area contributed by atoms with Crippen LogP contribution in [0.1, 0.15) is 16.1 Å². The molecule has 0 aliphatic carbocycles. The lowest BCUT2D eigenvalue weighted by Gasteiger charge is -2.15. The summed E-state index contributed by atoms with van der Waals surface area (Å²) >= 11 is 0. The van der Waals surface area contributed by atoms with Crippen molar-refractivity contribution < 1.29 is 31.8 Å². The maximum Gasteiger partial charge on any atom is 0.268 e. The molecule has 7 nitrogen and oxygen atoms in total. The molecule has 0 N–H and O–H groups in total. The summed E-state index contributed by atoms with van der Waals surface area (Å²) in [6.07, 6.45) is 0. The van der Waals surface area contributed by atoms with Crippen LogP contribution in [0.2, 0.25) is 0 Å². The zero-order chi connectivity index (χ0) is 23.8. The zero-order valence-corrected chi connectivity index (χ0v) is 18.9. The quantitative estimate of drug-likeness (QED) is 0.376. The van der Waals surface area contributed by atoms with Gasteiger partial charge >= 0.3 is 0 Å². The summed E-state index contributed by atoms with van der Waals surface area (Å²) in [5, 5.41) is 0.395. The molecule has 0 atom stereocenters. The standard InChI is InChI=1S/C24H20FNO6S/c1-30-21-12-16(13-22(31-2)24(21)32-3)23(27)20-11-15-9-10-17(25)14-19(15)26(20)33(28,29)18-7-5-4-6-8-18/h4-14H,1-3H3. The first-order valence-electron chi connectivity index (χ1n) is 9.78. The number of carbonyl (C=O) groups is 1. The van der Waals surface area contributed by atoms with E-state index >= 15 is 0 Å². The molecule has 0 aliphatic rings. The van der Waals surface area contributed by atoms with Crippen LogP contribution in [0.25, 0.3) is 10.9 Å². The van der Waals surface area contributed by atoms with E-state index in [1.54, 1.807) is 18.2 Å². The molecule has 0 aliphatic heterocycles. The van der Waals surface area contributed by atoms with Gasteiger partial charge in [-0.15, -0.1) is 0 Å². The molecule has 0 unspecified atom stereocenters. The number of methoxy groups -OCH3 is 3. The van der Waals surface area contributed by atoms with Crippen molar-refractivity contribution in [1.29, 1.82) is 0 Å². The molecule has 9 heteroatoms. The van der Waals surface area contributed by atoms with Gasteiger partial charge in [0, 0.05) is 10.9 Å². The summed E-state index contributed by atoms with van der Waals surface area (Å²) in [5.41, 5.74) is 0.000612. The minimum Gasteiger partial charge on any atom is -0.493 e. The highest BCUT2D eigenvalue weighted by atomic mass is 32.2. The van der Waals surface area contributed by atoms with Crippen molar-refractivity contribution in [2.45, 2.75) is 4.90 Å². The molecule has 1 aromatic heterocycles.